The molecule has 23 heavy (non-hydrogen) atoms. The molecule has 2 aromatic rings. The van der Waals surface area contributed by atoms with Crippen LogP contribution in [0, 0.1) is 5.41 Å². The van der Waals surface area contributed by atoms with E-state index in [-0.39, 0.29) is 11.4 Å². The van der Waals surface area contributed by atoms with Gasteiger partial charge in [0.1, 0.15) is 11.4 Å². The highest BCUT2D eigenvalue weighted by Crippen LogP contribution is 2.39. The molecule has 1 atom stereocenters. The fourth-order valence-corrected chi connectivity index (χ4v) is 3.49. The van der Waals surface area contributed by atoms with Gasteiger partial charge < -0.3 is 14.4 Å². The summed E-state index contributed by atoms with van der Waals surface area (Å²) >= 11 is 0. The molecule has 2 aromatic heterocycles. The van der Waals surface area contributed by atoms with Crippen LogP contribution in [0.4, 0.5) is 5.82 Å². The van der Waals surface area contributed by atoms with Crippen molar-refractivity contribution >= 4 is 17.4 Å². The fourth-order valence-electron chi connectivity index (χ4n) is 3.49. The first-order chi connectivity index (χ1) is 11.2. The lowest BCUT2D eigenvalue weighted by Crippen LogP contribution is -2.28. The van der Waals surface area contributed by atoms with Gasteiger partial charge in [-0.2, -0.15) is 5.10 Å². The van der Waals surface area contributed by atoms with Gasteiger partial charge in [-0.05, 0) is 25.8 Å². The number of rotatable bonds is 3. The van der Waals surface area contributed by atoms with Crippen molar-refractivity contribution in [2.75, 3.05) is 37.8 Å². The quantitative estimate of drug-likeness (QED) is 0.800. The molecule has 122 valence electrons. The number of fused-ring (bicyclic) bond motifs is 1. The zero-order valence-corrected chi connectivity index (χ0v) is 13.2. The van der Waals surface area contributed by atoms with Crippen LogP contribution in [0.2, 0.25) is 0 Å². The molecular weight excluding hydrogens is 296 g/mol. The van der Waals surface area contributed by atoms with Crippen LogP contribution in [-0.4, -0.2) is 53.5 Å². The van der Waals surface area contributed by atoms with E-state index in [4.69, 9.17) is 9.47 Å². The summed E-state index contributed by atoms with van der Waals surface area (Å²) in [6.45, 7) is 5.75. The third-order valence-electron chi connectivity index (χ3n) is 4.80. The number of carbonyl (C=O) groups is 1. The predicted molar refractivity (Wildman–Crippen MR) is 83.6 cm³/mol. The number of carbonyl (C=O) groups excluding carboxylic acids is 1. The lowest BCUT2D eigenvalue weighted by molar-refractivity contribution is 0.0528. The van der Waals surface area contributed by atoms with Gasteiger partial charge in [-0.15, -0.1) is 0 Å². The summed E-state index contributed by atoms with van der Waals surface area (Å²) < 4.78 is 12.3. The zero-order valence-electron chi connectivity index (χ0n) is 13.2. The Morgan fingerprint density at radius 1 is 1.48 bits per heavy atom. The summed E-state index contributed by atoms with van der Waals surface area (Å²) in [5.74, 6) is 0.501. The second-order valence-corrected chi connectivity index (χ2v) is 6.31. The van der Waals surface area contributed by atoms with Gasteiger partial charge >= 0.3 is 5.97 Å². The minimum atomic E-state index is -0.380. The molecule has 0 amide bonds. The molecule has 7 nitrogen and oxygen atoms in total. The Bertz CT molecular complexity index is 736. The summed E-state index contributed by atoms with van der Waals surface area (Å²) in [4.78, 5) is 18.9. The van der Waals surface area contributed by atoms with Crippen LogP contribution in [0.1, 0.15) is 30.1 Å². The third-order valence-corrected chi connectivity index (χ3v) is 4.80. The summed E-state index contributed by atoms with van der Waals surface area (Å²) in [5, 5.41) is 4.18. The molecule has 0 bridgehead atoms. The summed E-state index contributed by atoms with van der Waals surface area (Å²) in [5.41, 5.74) is 1.23. The second kappa shape index (κ2) is 5.49. The first kappa shape index (κ1) is 14.4. The lowest BCUT2D eigenvalue weighted by Gasteiger charge is -2.22. The van der Waals surface area contributed by atoms with Crippen LogP contribution in [-0.2, 0) is 9.47 Å². The van der Waals surface area contributed by atoms with E-state index >= 15 is 0 Å². The van der Waals surface area contributed by atoms with Crippen LogP contribution < -0.4 is 4.90 Å². The molecule has 0 N–H and O–H groups in total. The number of anilines is 1. The third kappa shape index (κ3) is 2.45. The lowest BCUT2D eigenvalue weighted by atomic mass is 9.87. The number of esters is 1. The summed E-state index contributed by atoms with van der Waals surface area (Å²) in [6, 6.07) is 1.95. The maximum absolute atomic E-state index is 12.0. The molecule has 0 radical (unpaired) electrons. The molecule has 0 saturated carbocycles. The molecular formula is C16H20N4O3. The number of nitrogens with zero attached hydrogens (tertiary/aromatic N) is 4. The van der Waals surface area contributed by atoms with Crippen LogP contribution in [0.5, 0.6) is 0 Å². The van der Waals surface area contributed by atoms with Crippen LogP contribution in [0.3, 0.4) is 0 Å². The minimum absolute atomic E-state index is 0.276. The standard InChI is InChI=1S/C16H20N4O3/c1-2-23-15(21)12-9-17-20-6-3-13(18-14(12)20)19-7-4-16(10-19)5-8-22-11-16/h3,6,9H,2,4-5,7-8,10-11H2,1H3/t16-/m1/s1. The topological polar surface area (TPSA) is 69.0 Å². The van der Waals surface area contributed by atoms with E-state index in [1.807, 2.05) is 12.3 Å². The van der Waals surface area contributed by atoms with Crippen LogP contribution >= 0.6 is 0 Å². The number of hydrogen-bond acceptors (Lipinski definition) is 6. The highest BCUT2D eigenvalue weighted by atomic mass is 16.5. The Labute approximate surface area is 134 Å². The highest BCUT2D eigenvalue weighted by molar-refractivity contribution is 5.95. The Morgan fingerprint density at radius 3 is 3.17 bits per heavy atom. The summed E-state index contributed by atoms with van der Waals surface area (Å²) in [7, 11) is 0. The maximum Gasteiger partial charge on any atom is 0.343 e. The van der Waals surface area contributed by atoms with Gasteiger partial charge in [0.25, 0.3) is 0 Å². The Hall–Kier alpha value is -2.15. The molecule has 0 aromatic carbocycles. The van der Waals surface area contributed by atoms with Crippen molar-refractivity contribution in [2.45, 2.75) is 19.8 Å². The zero-order chi connectivity index (χ0) is 15.9. The smallest absolute Gasteiger partial charge is 0.343 e. The maximum atomic E-state index is 12.0. The van der Waals surface area contributed by atoms with E-state index in [1.165, 1.54) is 6.20 Å². The first-order valence-electron chi connectivity index (χ1n) is 8.05. The van der Waals surface area contributed by atoms with Gasteiger partial charge in [0, 0.05) is 31.3 Å². The molecule has 0 aliphatic carbocycles. The Morgan fingerprint density at radius 2 is 2.39 bits per heavy atom. The van der Waals surface area contributed by atoms with Crippen LogP contribution in [0.25, 0.3) is 5.65 Å². The molecule has 4 rings (SSSR count). The van der Waals surface area contributed by atoms with Crippen molar-refractivity contribution in [2.24, 2.45) is 5.41 Å². The van der Waals surface area contributed by atoms with Gasteiger partial charge in [0.15, 0.2) is 5.65 Å². The van der Waals surface area contributed by atoms with Gasteiger partial charge in [-0.3, -0.25) is 0 Å². The van der Waals surface area contributed by atoms with E-state index in [9.17, 15) is 4.79 Å². The van der Waals surface area contributed by atoms with Gasteiger partial charge in [-0.1, -0.05) is 0 Å². The van der Waals surface area contributed by atoms with Crippen LogP contribution in [0.15, 0.2) is 18.5 Å². The van der Waals surface area contributed by atoms with Gasteiger partial charge in [0.2, 0.25) is 0 Å². The Kier molecular flexibility index (Phi) is 3.45. The van der Waals surface area contributed by atoms with Gasteiger partial charge in [0.05, 0.1) is 19.4 Å². The monoisotopic (exact) mass is 316 g/mol. The molecule has 7 heteroatoms. The Balaban J connectivity index is 1.63. The van der Waals surface area contributed by atoms with E-state index < -0.39 is 0 Å². The van der Waals surface area contributed by atoms with E-state index in [2.05, 4.69) is 15.0 Å². The second-order valence-electron chi connectivity index (χ2n) is 6.31. The summed E-state index contributed by atoms with van der Waals surface area (Å²) in [6.07, 6.45) is 5.60. The van der Waals surface area contributed by atoms with E-state index in [1.54, 1.807) is 11.4 Å². The number of hydrogen-bond donors (Lipinski definition) is 0. The average molecular weight is 316 g/mol. The molecule has 4 heterocycles. The molecule has 1 spiro atoms. The normalized spacial score (nSPS) is 24.0. The van der Waals surface area contributed by atoms with Gasteiger partial charge in [-0.25, -0.2) is 14.3 Å². The van der Waals surface area contributed by atoms with Crippen molar-refractivity contribution < 1.29 is 14.3 Å². The number of aromatic nitrogens is 3. The number of ether oxygens (including phenoxy) is 2. The minimum Gasteiger partial charge on any atom is -0.462 e. The fraction of sp³-hybridized carbons (Fsp3) is 0.562. The molecule has 0 unspecified atom stereocenters. The van der Waals surface area contributed by atoms with Crippen molar-refractivity contribution in [3.8, 4) is 0 Å². The van der Waals surface area contributed by atoms with Crippen molar-refractivity contribution in [3.05, 3.63) is 24.0 Å². The SMILES string of the molecule is CCOC(=O)c1cnn2ccc(N3CC[C@@]4(CCOC4)C3)nc12. The highest BCUT2D eigenvalue weighted by Gasteiger charge is 2.41. The van der Waals surface area contributed by atoms with Crippen molar-refractivity contribution in [1.82, 2.24) is 14.6 Å². The molecule has 2 aliphatic rings. The predicted octanol–water partition coefficient (Wildman–Crippen LogP) is 1.52. The molecule has 2 fully saturated rings. The van der Waals surface area contributed by atoms with E-state index in [0.717, 1.165) is 45.0 Å². The first-order valence-corrected chi connectivity index (χ1v) is 8.05. The largest absolute Gasteiger partial charge is 0.462 e. The van der Waals surface area contributed by atoms with Crippen molar-refractivity contribution in [3.63, 3.8) is 0 Å². The van der Waals surface area contributed by atoms with Crippen molar-refractivity contribution in [1.29, 1.82) is 0 Å². The van der Waals surface area contributed by atoms with E-state index in [0.29, 0.717) is 17.8 Å². The average Bonchev–Trinajstić information content (AvgIpc) is 3.28. The molecule has 2 aliphatic heterocycles. The molecule has 2 saturated heterocycles.